The lowest BCUT2D eigenvalue weighted by Gasteiger charge is -2.21. The van der Waals surface area contributed by atoms with Crippen molar-refractivity contribution >= 4 is 11.7 Å². The van der Waals surface area contributed by atoms with Gasteiger partial charge in [0.1, 0.15) is 5.84 Å². The molecule has 0 aromatic heterocycles. The quantitative estimate of drug-likeness (QED) is 0.327. The van der Waals surface area contributed by atoms with Crippen LogP contribution in [0.15, 0.2) is 42.1 Å². The first-order valence-electron chi connectivity index (χ1n) is 5.12. The van der Waals surface area contributed by atoms with Crippen molar-refractivity contribution in [2.45, 2.75) is 6.92 Å². The molecule has 1 amide bonds. The number of carbonyl (C=O) groups is 1. The van der Waals surface area contributed by atoms with Gasteiger partial charge in [-0.15, -0.1) is 0 Å². The van der Waals surface area contributed by atoms with Crippen molar-refractivity contribution in [1.29, 1.82) is 0 Å². The molecule has 86 valence electrons. The number of allylic oxidation sites excluding steroid dienone is 1. The highest BCUT2D eigenvalue weighted by atomic mass is 16.1. The van der Waals surface area contributed by atoms with Crippen LogP contribution in [-0.4, -0.2) is 36.3 Å². The van der Waals surface area contributed by atoms with Crippen LogP contribution >= 0.6 is 0 Å². The van der Waals surface area contributed by atoms with E-state index in [0.29, 0.717) is 24.4 Å². The van der Waals surface area contributed by atoms with Crippen molar-refractivity contribution in [3.63, 3.8) is 0 Å². The Morgan fingerprint density at radius 2 is 2.31 bits per heavy atom. The van der Waals surface area contributed by atoms with Gasteiger partial charge >= 0.3 is 0 Å². The van der Waals surface area contributed by atoms with Gasteiger partial charge in [0.25, 0.3) is 0 Å². The smallest absolute Gasteiger partial charge is 0.248 e. The summed E-state index contributed by atoms with van der Waals surface area (Å²) in [5, 5.41) is 2.77. The topological polar surface area (TPSA) is 44.7 Å². The molecule has 1 aliphatic rings. The van der Waals surface area contributed by atoms with E-state index in [1.54, 1.807) is 6.08 Å². The minimum atomic E-state index is -0.0853. The third kappa shape index (κ3) is 3.08. The largest absolute Gasteiger partial charge is 0.354 e. The van der Waals surface area contributed by atoms with E-state index in [-0.39, 0.29) is 5.91 Å². The predicted molar refractivity (Wildman–Crippen MR) is 66.2 cm³/mol. The van der Waals surface area contributed by atoms with Gasteiger partial charge in [-0.05, 0) is 13.0 Å². The number of aliphatic imine (C=N–C) groups is 1. The maximum Gasteiger partial charge on any atom is 0.248 e. The molecule has 0 spiro atoms. The lowest BCUT2D eigenvalue weighted by Crippen LogP contribution is -2.32. The Morgan fingerprint density at radius 3 is 2.94 bits per heavy atom. The number of hydrogen-bond donors (Lipinski definition) is 1. The van der Waals surface area contributed by atoms with Crippen LogP contribution in [0.5, 0.6) is 0 Å². The van der Waals surface area contributed by atoms with Gasteiger partial charge in [-0.2, -0.15) is 0 Å². The third-order valence-electron chi connectivity index (χ3n) is 2.37. The number of nitrogens with zero attached hydrogens (tertiary/aromatic N) is 2. The van der Waals surface area contributed by atoms with Gasteiger partial charge < -0.3 is 10.2 Å². The van der Waals surface area contributed by atoms with E-state index in [1.807, 2.05) is 11.8 Å². The van der Waals surface area contributed by atoms with Crippen LogP contribution in [0.3, 0.4) is 0 Å². The number of amides is 1. The molecule has 1 N–H and O–H groups in total. The Hall–Kier alpha value is -1.84. The van der Waals surface area contributed by atoms with E-state index < -0.39 is 0 Å². The Morgan fingerprint density at radius 1 is 1.62 bits per heavy atom. The zero-order chi connectivity index (χ0) is 12.1. The zero-order valence-corrected chi connectivity index (χ0v) is 9.62. The summed E-state index contributed by atoms with van der Waals surface area (Å²) >= 11 is 0. The van der Waals surface area contributed by atoms with E-state index >= 15 is 0 Å². The summed E-state index contributed by atoms with van der Waals surface area (Å²) < 4.78 is 0. The van der Waals surface area contributed by atoms with Crippen molar-refractivity contribution in [2.75, 3.05) is 19.6 Å². The van der Waals surface area contributed by atoms with Crippen molar-refractivity contribution in [2.24, 2.45) is 4.99 Å². The summed E-state index contributed by atoms with van der Waals surface area (Å²) in [7, 11) is 0. The Bertz CT molecular complexity index is 368. The summed E-state index contributed by atoms with van der Waals surface area (Å²) in [6, 6.07) is 0. The van der Waals surface area contributed by atoms with Crippen molar-refractivity contribution < 1.29 is 4.79 Å². The number of nitrogens with one attached hydrogen (secondary N) is 1. The average Bonchev–Trinajstić information content (AvgIpc) is 2.41. The highest BCUT2D eigenvalue weighted by molar-refractivity contribution is 5.94. The summed E-state index contributed by atoms with van der Waals surface area (Å²) in [6.45, 7) is 14.8. The molecule has 1 heterocycles. The fraction of sp³-hybridized carbons (Fsp3) is 0.333. The molecule has 0 aromatic carbocycles. The minimum absolute atomic E-state index is 0.0853. The third-order valence-corrected chi connectivity index (χ3v) is 2.37. The molecule has 0 saturated carbocycles. The fourth-order valence-electron chi connectivity index (χ4n) is 1.41. The lowest BCUT2D eigenvalue weighted by molar-refractivity contribution is -0.117. The molecule has 0 radical (unpaired) electrons. The van der Waals surface area contributed by atoms with Gasteiger partial charge in [0.05, 0.1) is 5.70 Å². The minimum Gasteiger partial charge on any atom is -0.354 e. The van der Waals surface area contributed by atoms with Crippen LogP contribution in [0.2, 0.25) is 0 Å². The number of hydrogen-bond acceptors (Lipinski definition) is 2. The van der Waals surface area contributed by atoms with E-state index in [0.717, 1.165) is 12.4 Å². The molecule has 1 saturated heterocycles. The van der Waals surface area contributed by atoms with Crippen LogP contribution in [0, 0.1) is 0 Å². The first-order valence-corrected chi connectivity index (χ1v) is 5.12. The van der Waals surface area contributed by atoms with Crippen LogP contribution in [0.1, 0.15) is 6.92 Å². The second-order valence-corrected chi connectivity index (χ2v) is 3.64. The molecule has 0 unspecified atom stereocenters. The van der Waals surface area contributed by atoms with Gasteiger partial charge in [-0.1, -0.05) is 19.7 Å². The monoisotopic (exact) mass is 219 g/mol. The maximum atomic E-state index is 11.3. The molecule has 0 atom stereocenters. The lowest BCUT2D eigenvalue weighted by atomic mass is 10.3. The fourth-order valence-corrected chi connectivity index (χ4v) is 1.41. The zero-order valence-electron chi connectivity index (χ0n) is 9.62. The first-order chi connectivity index (χ1) is 7.54. The summed E-state index contributed by atoms with van der Waals surface area (Å²) in [5.74, 6) is 0.736. The molecule has 1 rings (SSSR count). The molecule has 0 aromatic rings. The molecule has 1 fully saturated rings. The summed E-state index contributed by atoms with van der Waals surface area (Å²) in [4.78, 5) is 17.6. The van der Waals surface area contributed by atoms with Gasteiger partial charge in [0.2, 0.25) is 5.91 Å². The van der Waals surface area contributed by atoms with E-state index in [2.05, 4.69) is 30.0 Å². The van der Waals surface area contributed by atoms with Gasteiger partial charge in [0.15, 0.2) is 0 Å². The molecule has 16 heavy (non-hydrogen) atoms. The second-order valence-electron chi connectivity index (χ2n) is 3.64. The highest BCUT2D eigenvalue weighted by Gasteiger charge is 2.17. The van der Waals surface area contributed by atoms with Crippen LogP contribution in [0.4, 0.5) is 0 Å². The first kappa shape index (κ1) is 12.2. The molecule has 0 bridgehead atoms. The molecule has 4 nitrogen and oxygen atoms in total. The summed E-state index contributed by atoms with van der Waals surface area (Å²) in [6.07, 6.45) is 1.60. The van der Waals surface area contributed by atoms with E-state index in [9.17, 15) is 4.79 Å². The molecule has 1 aliphatic heterocycles. The average molecular weight is 219 g/mol. The van der Waals surface area contributed by atoms with Crippen molar-refractivity contribution in [3.8, 4) is 0 Å². The van der Waals surface area contributed by atoms with E-state index in [1.165, 1.54) is 0 Å². The highest BCUT2D eigenvalue weighted by Crippen LogP contribution is 2.05. The van der Waals surface area contributed by atoms with Crippen LogP contribution < -0.4 is 5.32 Å². The Kier molecular flexibility index (Phi) is 4.05. The maximum absolute atomic E-state index is 11.3. The number of carbonyl (C=O) groups excluding carboxylic acids is 1. The Labute approximate surface area is 96.0 Å². The van der Waals surface area contributed by atoms with Crippen LogP contribution in [0.25, 0.3) is 0 Å². The summed E-state index contributed by atoms with van der Waals surface area (Å²) in [5.41, 5.74) is 1.17. The SMILES string of the molecule is C=CC(=C)N=C(C)N1CCNC(=O)C(=C)C1. The molecular weight excluding hydrogens is 202 g/mol. The Balaban J connectivity index is 2.76. The van der Waals surface area contributed by atoms with Gasteiger partial charge in [-0.25, -0.2) is 4.99 Å². The van der Waals surface area contributed by atoms with Crippen molar-refractivity contribution in [3.05, 3.63) is 37.1 Å². The standard InChI is InChI=1S/C12H17N3O/c1-5-10(3)14-11(4)15-7-6-13-12(16)9(2)8-15/h5H,1-3,6-8H2,4H3,(H,13,16). The van der Waals surface area contributed by atoms with Gasteiger partial charge in [0, 0.05) is 25.2 Å². The van der Waals surface area contributed by atoms with Crippen LogP contribution in [-0.2, 0) is 4.79 Å². The molecule has 4 heteroatoms. The number of amidine groups is 1. The van der Waals surface area contributed by atoms with Crippen molar-refractivity contribution in [1.82, 2.24) is 10.2 Å². The molecule has 0 aliphatic carbocycles. The number of rotatable bonds is 2. The normalized spacial score (nSPS) is 17.8. The molecular formula is C12H17N3O. The predicted octanol–water partition coefficient (Wildman–Crippen LogP) is 1.09. The van der Waals surface area contributed by atoms with Gasteiger partial charge in [-0.3, -0.25) is 4.79 Å². The second kappa shape index (κ2) is 5.30. The van der Waals surface area contributed by atoms with E-state index in [4.69, 9.17) is 0 Å².